The molecular weight excluding hydrogens is 899 g/mol. The second-order valence-corrected chi connectivity index (χ2v) is 18.8. The van der Waals surface area contributed by atoms with E-state index in [2.05, 4.69) is 258 Å². The molecule has 5 nitrogen and oxygen atoms in total. The van der Waals surface area contributed by atoms with E-state index >= 15 is 0 Å². The van der Waals surface area contributed by atoms with Crippen molar-refractivity contribution < 1.29 is 0 Å². The minimum atomic E-state index is 0.543. The van der Waals surface area contributed by atoms with E-state index in [1.165, 1.54) is 22.3 Å². The third-order valence-electron chi connectivity index (χ3n) is 14.4. The van der Waals surface area contributed by atoms with Crippen molar-refractivity contribution in [2.75, 3.05) is 0 Å². The Balaban J connectivity index is 1.05. The van der Waals surface area contributed by atoms with Gasteiger partial charge in [-0.05, 0) is 98.1 Å². The first-order chi connectivity index (χ1) is 36.7. The van der Waals surface area contributed by atoms with Gasteiger partial charge in [-0.1, -0.05) is 231 Å². The number of rotatable bonds is 9. The van der Waals surface area contributed by atoms with E-state index in [0.717, 1.165) is 93.8 Å². The van der Waals surface area contributed by atoms with Crippen molar-refractivity contribution in [1.82, 2.24) is 24.1 Å². The number of benzene rings is 11. The van der Waals surface area contributed by atoms with Crippen LogP contribution in [0.5, 0.6) is 0 Å². The summed E-state index contributed by atoms with van der Waals surface area (Å²) < 4.78 is 4.75. The van der Waals surface area contributed by atoms with Gasteiger partial charge in [0.2, 0.25) is 5.95 Å². The number of para-hydroxylation sites is 2. The minimum Gasteiger partial charge on any atom is -0.307 e. The second-order valence-electron chi connectivity index (χ2n) is 18.8. The molecule has 0 saturated carbocycles. The van der Waals surface area contributed by atoms with Crippen molar-refractivity contribution in [3.05, 3.63) is 273 Å². The van der Waals surface area contributed by atoms with Crippen molar-refractivity contribution >= 4 is 43.6 Å². The predicted molar refractivity (Wildman–Crippen MR) is 307 cm³/mol. The van der Waals surface area contributed by atoms with E-state index in [-0.39, 0.29) is 0 Å². The molecule has 14 aromatic rings. The largest absolute Gasteiger partial charge is 0.307 e. The molecule has 0 N–H and O–H groups in total. The van der Waals surface area contributed by atoms with Crippen LogP contribution < -0.4 is 0 Å². The fourth-order valence-electron chi connectivity index (χ4n) is 10.8. The zero-order valence-electron chi connectivity index (χ0n) is 40.2. The molecule has 0 fully saturated rings. The van der Waals surface area contributed by atoms with E-state index in [9.17, 15) is 0 Å². The fraction of sp³-hybridized carbons (Fsp3) is 0. The Bertz CT molecular complexity index is 4290. The highest BCUT2D eigenvalue weighted by atomic mass is 15.2. The van der Waals surface area contributed by atoms with Gasteiger partial charge in [0.05, 0.1) is 22.1 Å². The van der Waals surface area contributed by atoms with Crippen molar-refractivity contribution in [2.45, 2.75) is 0 Å². The third-order valence-corrected chi connectivity index (χ3v) is 14.4. The summed E-state index contributed by atoms with van der Waals surface area (Å²) in [6.07, 6.45) is 0. The fourth-order valence-corrected chi connectivity index (χ4v) is 10.8. The van der Waals surface area contributed by atoms with E-state index in [1.807, 2.05) is 24.3 Å². The van der Waals surface area contributed by atoms with Gasteiger partial charge in [0.25, 0.3) is 0 Å². The molecular formula is C69H45N5. The molecule has 346 valence electrons. The van der Waals surface area contributed by atoms with Crippen LogP contribution in [0.15, 0.2) is 273 Å². The second kappa shape index (κ2) is 18.0. The molecule has 14 rings (SSSR count). The molecule has 0 radical (unpaired) electrons. The summed E-state index contributed by atoms with van der Waals surface area (Å²) in [6, 6.07) is 97.4. The molecule has 0 aliphatic heterocycles. The molecule has 0 amide bonds. The summed E-state index contributed by atoms with van der Waals surface area (Å²) in [7, 11) is 0. The van der Waals surface area contributed by atoms with E-state index in [0.29, 0.717) is 17.6 Å². The molecule has 0 bridgehead atoms. The normalized spacial score (nSPS) is 11.5. The van der Waals surface area contributed by atoms with E-state index < -0.39 is 0 Å². The van der Waals surface area contributed by atoms with Gasteiger partial charge in [-0.25, -0.2) is 4.98 Å². The highest BCUT2D eigenvalue weighted by Crippen LogP contribution is 2.43. The van der Waals surface area contributed by atoms with Crippen LogP contribution >= 0.6 is 0 Å². The monoisotopic (exact) mass is 943 g/mol. The minimum absolute atomic E-state index is 0.543. The lowest BCUT2D eigenvalue weighted by Crippen LogP contribution is -2.07. The van der Waals surface area contributed by atoms with Gasteiger partial charge in [0, 0.05) is 38.4 Å². The Labute approximate surface area is 428 Å². The van der Waals surface area contributed by atoms with Crippen LogP contribution in [-0.2, 0) is 0 Å². The summed E-state index contributed by atoms with van der Waals surface area (Å²) in [4.78, 5) is 16.0. The number of fused-ring (bicyclic) bond motifs is 7. The van der Waals surface area contributed by atoms with E-state index in [1.54, 1.807) is 0 Å². The topological polar surface area (TPSA) is 48.5 Å². The maximum absolute atomic E-state index is 5.44. The van der Waals surface area contributed by atoms with Gasteiger partial charge in [-0.15, -0.1) is 0 Å². The maximum atomic E-state index is 5.44. The van der Waals surface area contributed by atoms with E-state index in [4.69, 9.17) is 15.0 Å². The number of nitrogens with zero attached hydrogens (tertiary/aromatic N) is 5. The number of hydrogen-bond acceptors (Lipinski definition) is 3. The van der Waals surface area contributed by atoms with Crippen LogP contribution in [0.1, 0.15) is 0 Å². The Morgan fingerprint density at radius 2 is 0.554 bits per heavy atom. The summed E-state index contributed by atoms with van der Waals surface area (Å²) in [6.45, 7) is 0. The average Bonchev–Trinajstić information content (AvgIpc) is 4.04. The SMILES string of the molecule is c1ccc(-c2ccc(-c3nc(-c4ccccc4)nc(-n4c5ccccc5c5ccc6c7ccccc7n(-c7cc(-c8cccc(-c9ccccc9)c8)cc(-c8cccc(-c9ccccc9)c8)c7)c6c54)n3)cc2)cc1. The lowest BCUT2D eigenvalue weighted by molar-refractivity contribution is 0.953. The van der Waals surface area contributed by atoms with Crippen LogP contribution in [0.4, 0.5) is 0 Å². The van der Waals surface area contributed by atoms with Gasteiger partial charge in [0.1, 0.15) is 0 Å². The van der Waals surface area contributed by atoms with Crippen LogP contribution in [0.2, 0.25) is 0 Å². The number of hydrogen-bond donors (Lipinski definition) is 0. The molecule has 0 aliphatic rings. The molecule has 3 aromatic heterocycles. The van der Waals surface area contributed by atoms with Crippen LogP contribution in [0.3, 0.4) is 0 Å². The van der Waals surface area contributed by atoms with Gasteiger partial charge in [-0.2, -0.15) is 9.97 Å². The Kier molecular flexibility index (Phi) is 10.4. The molecule has 11 aromatic carbocycles. The van der Waals surface area contributed by atoms with Gasteiger partial charge in [0.15, 0.2) is 11.6 Å². The van der Waals surface area contributed by atoms with Crippen molar-refractivity contribution in [1.29, 1.82) is 0 Å². The molecule has 74 heavy (non-hydrogen) atoms. The lowest BCUT2D eigenvalue weighted by atomic mass is 9.94. The molecule has 3 heterocycles. The summed E-state index contributed by atoms with van der Waals surface area (Å²) >= 11 is 0. The van der Waals surface area contributed by atoms with Crippen molar-refractivity contribution in [2.24, 2.45) is 0 Å². The van der Waals surface area contributed by atoms with Gasteiger partial charge >= 0.3 is 0 Å². The Morgan fingerprint density at radius 1 is 0.216 bits per heavy atom. The average molecular weight is 944 g/mol. The first-order valence-electron chi connectivity index (χ1n) is 25.1. The molecule has 5 heteroatoms. The zero-order valence-corrected chi connectivity index (χ0v) is 40.2. The maximum Gasteiger partial charge on any atom is 0.238 e. The standard InChI is InChI=1S/C69H45N5/c1-5-19-46(20-6-1)49-35-37-51(38-36-49)68-70-67(50-25-11-4-12-26-50)71-69(72-68)74-64-34-16-14-32-60(64)62-40-39-61-59-31-13-15-33-63(59)73(65(61)66(62)74)58-44-56(54-29-17-27-52(41-54)47-21-7-2-8-22-47)43-57(45-58)55-30-18-28-53(42-55)48-23-9-3-10-24-48/h1-45H. The third kappa shape index (κ3) is 7.54. The van der Waals surface area contributed by atoms with Gasteiger partial charge < -0.3 is 4.57 Å². The quantitative estimate of drug-likeness (QED) is 0.145. The van der Waals surface area contributed by atoms with Crippen LogP contribution in [0, 0.1) is 0 Å². The summed E-state index contributed by atoms with van der Waals surface area (Å²) in [5.74, 6) is 1.74. The van der Waals surface area contributed by atoms with Crippen LogP contribution in [-0.4, -0.2) is 24.1 Å². The number of aromatic nitrogens is 5. The first-order valence-corrected chi connectivity index (χ1v) is 25.1. The summed E-state index contributed by atoms with van der Waals surface area (Å²) in [5.41, 5.74) is 18.5. The molecule has 0 saturated heterocycles. The molecule has 0 unspecified atom stereocenters. The molecule has 0 atom stereocenters. The highest BCUT2D eigenvalue weighted by Gasteiger charge is 2.24. The van der Waals surface area contributed by atoms with Crippen LogP contribution in [0.25, 0.3) is 134 Å². The summed E-state index contributed by atoms with van der Waals surface area (Å²) in [5, 5.41) is 4.51. The van der Waals surface area contributed by atoms with Gasteiger partial charge in [-0.3, -0.25) is 4.57 Å². The smallest absolute Gasteiger partial charge is 0.238 e. The van der Waals surface area contributed by atoms with Crippen molar-refractivity contribution in [3.8, 4) is 90.0 Å². The Morgan fingerprint density at radius 3 is 1.05 bits per heavy atom. The zero-order chi connectivity index (χ0) is 49.0. The molecule has 0 aliphatic carbocycles. The predicted octanol–water partition coefficient (Wildman–Crippen LogP) is 17.7. The molecule has 0 spiro atoms. The Hall–Kier alpha value is -9.97. The van der Waals surface area contributed by atoms with Crippen molar-refractivity contribution in [3.63, 3.8) is 0 Å². The highest BCUT2D eigenvalue weighted by molar-refractivity contribution is 6.23. The lowest BCUT2D eigenvalue weighted by Gasteiger charge is -2.16. The first kappa shape index (κ1) is 42.9.